The fourth-order valence-corrected chi connectivity index (χ4v) is 4.42. The van der Waals surface area contributed by atoms with Gasteiger partial charge >= 0.3 is 12.1 Å². The van der Waals surface area contributed by atoms with Crippen LogP contribution in [0.5, 0.6) is 0 Å². The van der Waals surface area contributed by atoms with Gasteiger partial charge in [-0.3, -0.25) is 9.59 Å². The Bertz CT molecular complexity index is 1210. The molecule has 0 aliphatic carbocycles. The minimum Gasteiger partial charge on any atom is -0.460 e. The number of benzene rings is 2. The lowest BCUT2D eigenvalue weighted by Gasteiger charge is -2.35. The fraction of sp³-hybridized carbons (Fsp3) is 0.269. The van der Waals surface area contributed by atoms with Crippen LogP contribution in [-0.2, 0) is 32.7 Å². The highest BCUT2D eigenvalue weighted by molar-refractivity contribution is 6.06. The number of fused-ring (bicyclic) bond motifs is 1. The lowest BCUT2D eigenvalue weighted by molar-refractivity contribution is -0.160. The molecule has 1 fully saturated rings. The third-order valence-corrected chi connectivity index (χ3v) is 6.20. The normalized spacial score (nSPS) is 18.2. The van der Waals surface area contributed by atoms with E-state index < -0.39 is 29.8 Å². The van der Waals surface area contributed by atoms with Gasteiger partial charge < -0.3 is 14.0 Å². The average molecular weight is 447 g/mol. The van der Waals surface area contributed by atoms with Crippen LogP contribution in [0.1, 0.15) is 17.7 Å². The van der Waals surface area contributed by atoms with Gasteiger partial charge in [-0.05, 0) is 29.7 Å². The number of hydrogen-bond donors (Lipinski definition) is 0. The second-order valence-electron chi connectivity index (χ2n) is 8.10. The van der Waals surface area contributed by atoms with Gasteiger partial charge in [-0.2, -0.15) is 0 Å². The van der Waals surface area contributed by atoms with E-state index in [9.17, 15) is 14.4 Å². The number of imide groups is 1. The predicted molar refractivity (Wildman–Crippen MR) is 124 cm³/mol. The van der Waals surface area contributed by atoms with Crippen molar-refractivity contribution < 1.29 is 23.9 Å². The summed E-state index contributed by atoms with van der Waals surface area (Å²) in [4.78, 5) is 39.5. The molecule has 170 valence electrons. The zero-order valence-corrected chi connectivity index (χ0v) is 18.7. The minimum atomic E-state index is -1.19. The molecule has 0 radical (unpaired) electrons. The Morgan fingerprint density at radius 3 is 2.48 bits per heavy atom. The third kappa shape index (κ3) is 4.26. The smallest absolute Gasteiger partial charge is 0.416 e. The molecule has 1 aliphatic heterocycles. The molecular weight excluding hydrogens is 420 g/mol. The van der Waals surface area contributed by atoms with Crippen molar-refractivity contribution in [2.24, 2.45) is 18.9 Å². The summed E-state index contributed by atoms with van der Waals surface area (Å²) in [5, 5.41) is 1.04. The van der Waals surface area contributed by atoms with Gasteiger partial charge in [0.05, 0.1) is 7.11 Å². The average Bonchev–Trinajstić information content (AvgIpc) is 3.18. The first-order valence-electron chi connectivity index (χ1n) is 10.8. The zero-order valence-electron chi connectivity index (χ0n) is 18.7. The van der Waals surface area contributed by atoms with E-state index in [0.717, 1.165) is 27.1 Å². The van der Waals surface area contributed by atoms with Crippen LogP contribution in [0.15, 0.2) is 67.2 Å². The molecule has 7 heteroatoms. The van der Waals surface area contributed by atoms with Crippen molar-refractivity contribution in [2.75, 3.05) is 13.7 Å². The lowest BCUT2D eigenvalue weighted by Crippen LogP contribution is -2.51. The summed E-state index contributed by atoms with van der Waals surface area (Å²) in [6.45, 7) is 4.44. The van der Waals surface area contributed by atoms with Crippen molar-refractivity contribution in [1.82, 2.24) is 9.47 Å². The molecule has 3 aromatic rings. The molecule has 4 rings (SSSR count). The number of carbonyl (C=O) groups is 3. The standard InChI is InChI=1S/C26H26N2O5/c1-17(22-15-19-11-7-8-12-21(19)27(22)2)20-13-14-28(26(31)32-3)24(29)23(20)25(30)33-16-18-9-5-4-6-10-18/h4-12,15,20,23H,1,13-14,16H2,2-3H3/t20-,23-/m1/s1. The Hall–Kier alpha value is -3.87. The quantitative estimate of drug-likeness (QED) is 0.434. The Kier molecular flexibility index (Phi) is 6.31. The first-order valence-corrected chi connectivity index (χ1v) is 10.8. The van der Waals surface area contributed by atoms with E-state index in [-0.39, 0.29) is 13.2 Å². The van der Waals surface area contributed by atoms with Gasteiger partial charge in [0.25, 0.3) is 0 Å². The number of allylic oxidation sites excluding steroid dienone is 1. The Labute approximate surface area is 192 Å². The van der Waals surface area contributed by atoms with Gasteiger partial charge in [0.2, 0.25) is 5.91 Å². The first-order chi connectivity index (χ1) is 15.9. The molecule has 33 heavy (non-hydrogen) atoms. The Morgan fingerprint density at radius 2 is 1.79 bits per heavy atom. The van der Waals surface area contributed by atoms with Crippen molar-refractivity contribution >= 4 is 34.4 Å². The zero-order chi connectivity index (χ0) is 23.5. The lowest BCUT2D eigenvalue weighted by atomic mass is 9.79. The van der Waals surface area contributed by atoms with E-state index in [1.54, 1.807) is 0 Å². The van der Waals surface area contributed by atoms with E-state index in [0.29, 0.717) is 12.0 Å². The largest absolute Gasteiger partial charge is 0.460 e. The summed E-state index contributed by atoms with van der Waals surface area (Å²) >= 11 is 0. The second-order valence-corrected chi connectivity index (χ2v) is 8.10. The molecule has 0 N–H and O–H groups in total. The summed E-state index contributed by atoms with van der Waals surface area (Å²) in [5.74, 6) is -3.00. The second kappa shape index (κ2) is 9.32. The molecule has 2 aromatic carbocycles. The number of ether oxygens (including phenoxy) is 2. The number of hydrogen-bond acceptors (Lipinski definition) is 5. The highest BCUT2D eigenvalue weighted by atomic mass is 16.5. The number of methoxy groups -OCH3 is 1. The number of aryl methyl sites for hydroxylation is 1. The molecule has 1 aliphatic rings. The van der Waals surface area contributed by atoms with E-state index in [4.69, 9.17) is 9.47 Å². The van der Waals surface area contributed by atoms with Crippen LogP contribution in [-0.4, -0.2) is 41.1 Å². The molecule has 2 heterocycles. The molecule has 2 atom stereocenters. The minimum absolute atomic E-state index is 0.0366. The van der Waals surface area contributed by atoms with Crippen LogP contribution in [0.25, 0.3) is 16.5 Å². The predicted octanol–water partition coefficient (Wildman–Crippen LogP) is 4.17. The molecule has 2 amide bonds. The summed E-state index contributed by atoms with van der Waals surface area (Å²) in [5.41, 5.74) is 3.33. The van der Waals surface area contributed by atoms with Crippen LogP contribution in [0, 0.1) is 11.8 Å². The SMILES string of the molecule is C=C(c1cc2ccccc2n1C)[C@H]1CCN(C(=O)OC)C(=O)[C@@H]1C(=O)OCc1ccccc1. The Morgan fingerprint density at radius 1 is 1.09 bits per heavy atom. The molecule has 1 saturated heterocycles. The van der Waals surface area contributed by atoms with Gasteiger partial charge in [-0.15, -0.1) is 0 Å². The highest BCUT2D eigenvalue weighted by Crippen LogP contribution is 2.38. The Balaban J connectivity index is 1.64. The summed E-state index contributed by atoms with van der Waals surface area (Å²) in [6, 6.07) is 19.2. The van der Waals surface area contributed by atoms with E-state index in [1.807, 2.05) is 72.3 Å². The molecule has 0 bridgehead atoms. The van der Waals surface area contributed by atoms with Crippen LogP contribution in [0.3, 0.4) is 0 Å². The van der Waals surface area contributed by atoms with E-state index >= 15 is 0 Å². The van der Waals surface area contributed by atoms with Crippen molar-refractivity contribution in [3.63, 3.8) is 0 Å². The fourth-order valence-electron chi connectivity index (χ4n) is 4.42. The first kappa shape index (κ1) is 22.3. The van der Waals surface area contributed by atoms with Crippen molar-refractivity contribution in [3.8, 4) is 0 Å². The molecule has 0 saturated carbocycles. The number of esters is 1. The molecular formula is C26H26N2O5. The van der Waals surface area contributed by atoms with Crippen molar-refractivity contribution in [2.45, 2.75) is 13.0 Å². The van der Waals surface area contributed by atoms with Crippen molar-refractivity contribution in [3.05, 3.63) is 78.5 Å². The van der Waals surface area contributed by atoms with Gasteiger partial charge in [0.15, 0.2) is 0 Å². The number of carbonyl (C=O) groups excluding carboxylic acids is 3. The maximum Gasteiger partial charge on any atom is 0.416 e. The number of amides is 2. The van der Waals surface area contributed by atoms with Crippen LogP contribution < -0.4 is 0 Å². The van der Waals surface area contributed by atoms with Crippen LogP contribution >= 0.6 is 0 Å². The maximum absolute atomic E-state index is 13.3. The van der Waals surface area contributed by atoms with Crippen molar-refractivity contribution in [1.29, 1.82) is 0 Å². The molecule has 1 aromatic heterocycles. The molecule has 7 nitrogen and oxygen atoms in total. The van der Waals surface area contributed by atoms with Gasteiger partial charge in [-0.25, -0.2) is 9.69 Å². The number of rotatable bonds is 5. The topological polar surface area (TPSA) is 77.8 Å². The van der Waals surface area contributed by atoms with E-state index in [1.165, 1.54) is 7.11 Å². The van der Waals surface area contributed by atoms with Gasteiger partial charge in [-0.1, -0.05) is 55.1 Å². The third-order valence-electron chi connectivity index (χ3n) is 6.20. The monoisotopic (exact) mass is 446 g/mol. The number of para-hydroxylation sites is 1. The number of likely N-dealkylation sites (tertiary alicyclic amines) is 1. The highest BCUT2D eigenvalue weighted by Gasteiger charge is 2.46. The number of piperidine rings is 1. The number of nitrogens with zero attached hydrogens (tertiary/aromatic N) is 2. The van der Waals surface area contributed by atoms with Crippen LogP contribution in [0.4, 0.5) is 4.79 Å². The van der Waals surface area contributed by atoms with Gasteiger partial charge in [0, 0.05) is 36.1 Å². The maximum atomic E-state index is 13.3. The van der Waals surface area contributed by atoms with Gasteiger partial charge in [0.1, 0.15) is 12.5 Å². The molecule has 0 spiro atoms. The summed E-state index contributed by atoms with van der Waals surface area (Å²) in [6.07, 6.45) is -0.402. The summed E-state index contributed by atoms with van der Waals surface area (Å²) < 4.78 is 12.3. The van der Waals surface area contributed by atoms with Crippen LogP contribution in [0.2, 0.25) is 0 Å². The van der Waals surface area contributed by atoms with E-state index in [2.05, 4.69) is 6.58 Å². The molecule has 0 unspecified atom stereocenters. The number of aromatic nitrogens is 1. The summed E-state index contributed by atoms with van der Waals surface area (Å²) in [7, 11) is 3.13.